The van der Waals surface area contributed by atoms with Crippen molar-refractivity contribution in [1.82, 2.24) is 0 Å². The number of carboxylic acid groups (broad SMARTS) is 1. The summed E-state index contributed by atoms with van der Waals surface area (Å²) in [6.45, 7) is 1.90. The minimum Gasteiger partial charge on any atom is -0.481 e. The van der Waals surface area contributed by atoms with Crippen LogP contribution in [0, 0.1) is 5.41 Å². The summed E-state index contributed by atoms with van der Waals surface area (Å²) in [4.78, 5) is 11.5. The molecule has 1 saturated carbocycles. The molecule has 1 fully saturated rings. The van der Waals surface area contributed by atoms with Crippen molar-refractivity contribution in [2.75, 3.05) is 0 Å². The summed E-state index contributed by atoms with van der Waals surface area (Å²) in [6, 6.07) is 5.52. The van der Waals surface area contributed by atoms with Gasteiger partial charge in [0.2, 0.25) is 0 Å². The Balaban J connectivity index is 2.32. The monoisotopic (exact) mass is 300 g/mol. The topological polar surface area (TPSA) is 37.3 Å². The van der Waals surface area contributed by atoms with Crippen LogP contribution in [0.1, 0.15) is 56.1 Å². The lowest BCUT2D eigenvalue weighted by Gasteiger charge is -2.24. The van der Waals surface area contributed by atoms with E-state index in [1.165, 1.54) is 12.1 Å². The molecule has 2 atom stereocenters. The van der Waals surface area contributed by atoms with Crippen LogP contribution in [0.4, 0.5) is 13.2 Å². The number of alkyl halides is 3. The molecule has 5 heteroatoms. The number of hydrogen-bond acceptors (Lipinski definition) is 1. The SMILES string of the molecule is CCCC1(C(=O)O)CCC(c2ccccc2C(F)(F)F)C1. The molecule has 2 nitrogen and oxygen atoms in total. The summed E-state index contributed by atoms with van der Waals surface area (Å²) < 4.78 is 39.3. The maximum atomic E-state index is 13.1. The van der Waals surface area contributed by atoms with Gasteiger partial charge in [-0.2, -0.15) is 13.2 Å². The molecule has 0 radical (unpaired) electrons. The van der Waals surface area contributed by atoms with Crippen LogP contribution in [0.3, 0.4) is 0 Å². The van der Waals surface area contributed by atoms with E-state index in [1.807, 2.05) is 6.92 Å². The predicted octanol–water partition coefficient (Wildman–Crippen LogP) is 4.84. The van der Waals surface area contributed by atoms with Crippen molar-refractivity contribution in [2.24, 2.45) is 5.41 Å². The maximum Gasteiger partial charge on any atom is 0.416 e. The molecule has 116 valence electrons. The smallest absolute Gasteiger partial charge is 0.416 e. The van der Waals surface area contributed by atoms with Crippen molar-refractivity contribution in [1.29, 1.82) is 0 Å². The number of rotatable bonds is 4. The van der Waals surface area contributed by atoms with Crippen LogP contribution in [0.25, 0.3) is 0 Å². The first-order valence-electron chi connectivity index (χ1n) is 7.19. The fourth-order valence-electron chi connectivity index (χ4n) is 3.51. The highest BCUT2D eigenvalue weighted by Gasteiger charge is 2.46. The van der Waals surface area contributed by atoms with Gasteiger partial charge in [-0.15, -0.1) is 0 Å². The van der Waals surface area contributed by atoms with Crippen LogP contribution in [0.15, 0.2) is 24.3 Å². The van der Waals surface area contributed by atoms with Gasteiger partial charge in [0.1, 0.15) is 0 Å². The van der Waals surface area contributed by atoms with E-state index < -0.39 is 23.1 Å². The first kappa shape index (κ1) is 15.9. The van der Waals surface area contributed by atoms with Crippen molar-refractivity contribution in [3.8, 4) is 0 Å². The second-order valence-electron chi connectivity index (χ2n) is 5.86. The molecule has 1 aromatic carbocycles. The third-order valence-electron chi connectivity index (χ3n) is 4.50. The molecule has 0 bridgehead atoms. The Labute approximate surface area is 122 Å². The first-order chi connectivity index (χ1) is 9.80. The molecule has 0 saturated heterocycles. The first-order valence-corrected chi connectivity index (χ1v) is 7.19. The highest BCUT2D eigenvalue weighted by Crippen LogP contribution is 2.51. The summed E-state index contributed by atoms with van der Waals surface area (Å²) in [5, 5.41) is 9.47. The van der Waals surface area contributed by atoms with Gasteiger partial charge in [0.15, 0.2) is 0 Å². The average Bonchev–Trinajstić information content (AvgIpc) is 2.84. The van der Waals surface area contributed by atoms with Crippen LogP contribution in [-0.2, 0) is 11.0 Å². The Morgan fingerprint density at radius 3 is 2.62 bits per heavy atom. The summed E-state index contributed by atoms with van der Waals surface area (Å²) >= 11 is 0. The van der Waals surface area contributed by atoms with E-state index in [0.717, 1.165) is 12.5 Å². The third kappa shape index (κ3) is 3.06. The normalized spacial score (nSPS) is 26.0. The van der Waals surface area contributed by atoms with Gasteiger partial charge in [-0.25, -0.2) is 0 Å². The van der Waals surface area contributed by atoms with Crippen molar-refractivity contribution in [3.63, 3.8) is 0 Å². The molecule has 0 aliphatic heterocycles. The zero-order chi connectivity index (χ0) is 15.7. The van der Waals surface area contributed by atoms with E-state index >= 15 is 0 Å². The molecule has 21 heavy (non-hydrogen) atoms. The minimum atomic E-state index is -4.39. The second-order valence-corrected chi connectivity index (χ2v) is 5.86. The standard InChI is InChI=1S/C16H19F3O2/c1-2-8-15(14(20)21)9-7-11(10-15)12-5-3-4-6-13(12)16(17,18)19/h3-6,11H,2,7-10H2,1H3,(H,20,21). The molecule has 1 N–H and O–H groups in total. The summed E-state index contributed by atoms with van der Waals surface area (Å²) in [7, 11) is 0. The van der Waals surface area contributed by atoms with E-state index in [9.17, 15) is 23.1 Å². The Bertz CT molecular complexity index is 524. The number of carbonyl (C=O) groups is 1. The second kappa shape index (κ2) is 5.70. The molecule has 0 heterocycles. The lowest BCUT2D eigenvalue weighted by molar-refractivity contribution is -0.149. The Morgan fingerprint density at radius 2 is 2.05 bits per heavy atom. The molecule has 0 spiro atoms. The summed E-state index contributed by atoms with van der Waals surface area (Å²) in [5.41, 5.74) is -1.25. The average molecular weight is 300 g/mol. The Morgan fingerprint density at radius 1 is 1.38 bits per heavy atom. The highest BCUT2D eigenvalue weighted by molar-refractivity contribution is 5.75. The largest absolute Gasteiger partial charge is 0.481 e. The maximum absolute atomic E-state index is 13.1. The lowest BCUT2D eigenvalue weighted by atomic mass is 9.80. The quantitative estimate of drug-likeness (QED) is 0.863. The van der Waals surface area contributed by atoms with Crippen LogP contribution in [0.2, 0.25) is 0 Å². The van der Waals surface area contributed by atoms with Crippen LogP contribution < -0.4 is 0 Å². The lowest BCUT2D eigenvalue weighted by Crippen LogP contribution is -2.28. The van der Waals surface area contributed by atoms with Gasteiger partial charge in [0, 0.05) is 0 Å². The molecule has 0 aromatic heterocycles. The fourth-order valence-corrected chi connectivity index (χ4v) is 3.51. The van der Waals surface area contributed by atoms with Crippen molar-refractivity contribution >= 4 is 5.97 Å². The van der Waals surface area contributed by atoms with Gasteiger partial charge in [0.05, 0.1) is 11.0 Å². The van der Waals surface area contributed by atoms with Crippen molar-refractivity contribution in [3.05, 3.63) is 35.4 Å². The highest BCUT2D eigenvalue weighted by atomic mass is 19.4. The van der Waals surface area contributed by atoms with Gasteiger partial charge < -0.3 is 5.11 Å². The molecule has 2 unspecified atom stereocenters. The molecule has 1 aliphatic carbocycles. The Kier molecular flexibility index (Phi) is 4.30. The Hall–Kier alpha value is -1.52. The molecule has 2 rings (SSSR count). The van der Waals surface area contributed by atoms with E-state index in [4.69, 9.17) is 0 Å². The number of halogens is 3. The van der Waals surface area contributed by atoms with Gasteiger partial charge in [0.25, 0.3) is 0 Å². The number of carboxylic acids is 1. The van der Waals surface area contributed by atoms with Crippen molar-refractivity contribution in [2.45, 2.75) is 51.1 Å². The van der Waals surface area contributed by atoms with Gasteiger partial charge in [-0.1, -0.05) is 31.5 Å². The number of benzene rings is 1. The molecular weight excluding hydrogens is 281 g/mol. The molecule has 1 aromatic rings. The molecule has 1 aliphatic rings. The van der Waals surface area contributed by atoms with E-state index in [0.29, 0.717) is 25.7 Å². The van der Waals surface area contributed by atoms with Gasteiger partial charge >= 0.3 is 12.1 Å². The zero-order valence-corrected chi connectivity index (χ0v) is 11.9. The van der Waals surface area contributed by atoms with E-state index in [1.54, 1.807) is 6.07 Å². The number of aliphatic carboxylic acids is 1. The van der Waals surface area contributed by atoms with Crippen LogP contribution in [0.5, 0.6) is 0 Å². The number of hydrogen-bond donors (Lipinski definition) is 1. The fraction of sp³-hybridized carbons (Fsp3) is 0.562. The van der Waals surface area contributed by atoms with E-state index in [-0.39, 0.29) is 11.5 Å². The summed E-state index contributed by atoms with van der Waals surface area (Å²) in [5.74, 6) is -1.21. The van der Waals surface area contributed by atoms with E-state index in [2.05, 4.69) is 0 Å². The zero-order valence-electron chi connectivity index (χ0n) is 11.9. The van der Waals surface area contributed by atoms with Crippen LogP contribution in [-0.4, -0.2) is 11.1 Å². The van der Waals surface area contributed by atoms with Gasteiger partial charge in [-0.3, -0.25) is 4.79 Å². The molecule has 0 amide bonds. The van der Waals surface area contributed by atoms with Crippen molar-refractivity contribution < 1.29 is 23.1 Å². The van der Waals surface area contributed by atoms with Crippen LogP contribution >= 0.6 is 0 Å². The van der Waals surface area contributed by atoms with Gasteiger partial charge in [-0.05, 0) is 43.2 Å². The minimum absolute atomic E-state index is 0.240. The molecular formula is C16H19F3O2. The summed E-state index contributed by atoms with van der Waals surface area (Å²) in [6.07, 6.45) is -1.90. The third-order valence-corrected chi connectivity index (χ3v) is 4.50. The predicted molar refractivity (Wildman–Crippen MR) is 73.0 cm³/mol.